The van der Waals surface area contributed by atoms with Crippen LogP contribution in [0, 0.1) is 0 Å². The Hall–Kier alpha value is -2.08. The second kappa shape index (κ2) is 7.00. The molecular formula is C17H19NO4S. The van der Waals surface area contributed by atoms with Crippen LogP contribution in [0.4, 0.5) is 0 Å². The van der Waals surface area contributed by atoms with Crippen LogP contribution >= 0.6 is 11.3 Å². The topological polar surface area (TPSA) is 70.8 Å². The lowest BCUT2D eigenvalue weighted by Crippen LogP contribution is -2.40. The lowest BCUT2D eigenvalue weighted by molar-refractivity contribution is 0.0618. The highest BCUT2D eigenvalue weighted by atomic mass is 32.1. The van der Waals surface area contributed by atoms with Gasteiger partial charge in [-0.2, -0.15) is 0 Å². The Morgan fingerprint density at radius 2 is 1.91 bits per heavy atom. The van der Waals surface area contributed by atoms with Crippen molar-refractivity contribution in [3.05, 3.63) is 46.0 Å². The van der Waals surface area contributed by atoms with Gasteiger partial charge in [0.2, 0.25) is 0 Å². The van der Waals surface area contributed by atoms with E-state index in [1.165, 1.54) is 12.5 Å². The van der Waals surface area contributed by atoms with Crippen LogP contribution in [0.25, 0.3) is 0 Å². The summed E-state index contributed by atoms with van der Waals surface area (Å²) in [5.41, 5.74) is 0.957. The van der Waals surface area contributed by atoms with Gasteiger partial charge in [0.15, 0.2) is 0 Å². The van der Waals surface area contributed by atoms with Gasteiger partial charge < -0.3 is 14.4 Å². The first-order valence-electron chi connectivity index (χ1n) is 7.80. The molecule has 0 spiro atoms. The number of nitrogens with zero attached hydrogens (tertiary/aromatic N) is 1. The van der Waals surface area contributed by atoms with Crippen molar-refractivity contribution in [1.82, 2.24) is 4.90 Å². The van der Waals surface area contributed by atoms with Crippen LogP contribution < -0.4 is 0 Å². The highest BCUT2D eigenvalue weighted by Crippen LogP contribution is 2.27. The van der Waals surface area contributed by atoms with E-state index in [1.54, 1.807) is 18.6 Å². The summed E-state index contributed by atoms with van der Waals surface area (Å²) < 4.78 is 5.11. The van der Waals surface area contributed by atoms with E-state index in [2.05, 4.69) is 0 Å². The maximum atomic E-state index is 12.9. The van der Waals surface area contributed by atoms with Gasteiger partial charge in [0, 0.05) is 18.2 Å². The van der Waals surface area contributed by atoms with E-state index >= 15 is 0 Å². The Morgan fingerprint density at radius 3 is 2.52 bits per heavy atom. The average molecular weight is 333 g/mol. The van der Waals surface area contributed by atoms with Gasteiger partial charge in [-0.25, -0.2) is 4.79 Å². The molecule has 1 aliphatic rings. The fourth-order valence-corrected chi connectivity index (χ4v) is 3.85. The zero-order chi connectivity index (χ0) is 16.2. The molecular weight excluding hydrogens is 314 g/mol. The second-order valence-corrected chi connectivity index (χ2v) is 6.91. The van der Waals surface area contributed by atoms with Crippen molar-refractivity contribution in [1.29, 1.82) is 0 Å². The summed E-state index contributed by atoms with van der Waals surface area (Å²) in [6, 6.07) is 5.18. The highest BCUT2D eigenvalue weighted by molar-refractivity contribution is 7.15. The molecule has 2 aromatic heterocycles. The lowest BCUT2D eigenvalue weighted by atomic mass is 9.93. The zero-order valence-corrected chi connectivity index (χ0v) is 13.6. The van der Waals surface area contributed by atoms with Crippen LogP contribution in [0.2, 0.25) is 0 Å². The number of aromatic carboxylic acids is 1. The third kappa shape index (κ3) is 3.64. The summed E-state index contributed by atoms with van der Waals surface area (Å²) in [5, 5.41) is 9.05. The summed E-state index contributed by atoms with van der Waals surface area (Å²) in [4.78, 5) is 26.5. The van der Waals surface area contributed by atoms with Crippen molar-refractivity contribution in [2.75, 3.05) is 0 Å². The highest BCUT2D eigenvalue weighted by Gasteiger charge is 2.28. The molecule has 6 heteroatoms. The van der Waals surface area contributed by atoms with Gasteiger partial charge in [-0.15, -0.1) is 11.3 Å². The molecule has 1 saturated carbocycles. The van der Waals surface area contributed by atoms with Gasteiger partial charge in [0.05, 0.1) is 17.4 Å². The third-order valence-electron chi connectivity index (χ3n) is 4.24. The Kier molecular flexibility index (Phi) is 4.81. The van der Waals surface area contributed by atoms with Crippen molar-refractivity contribution >= 4 is 23.2 Å². The predicted molar refractivity (Wildman–Crippen MR) is 86.7 cm³/mol. The number of hydrogen-bond acceptors (Lipinski definition) is 4. The normalized spacial score (nSPS) is 15.5. The summed E-state index contributed by atoms with van der Waals surface area (Å²) in [7, 11) is 0. The van der Waals surface area contributed by atoms with Gasteiger partial charge in [0.25, 0.3) is 5.91 Å². The fraction of sp³-hybridized carbons (Fsp3) is 0.412. The van der Waals surface area contributed by atoms with Crippen LogP contribution in [0.5, 0.6) is 0 Å². The number of thiophene rings is 1. The van der Waals surface area contributed by atoms with E-state index in [1.807, 2.05) is 11.0 Å². The molecule has 1 aliphatic carbocycles. The molecule has 1 N–H and O–H groups in total. The number of hydrogen-bond donors (Lipinski definition) is 1. The monoisotopic (exact) mass is 333 g/mol. The van der Waals surface area contributed by atoms with Gasteiger partial charge in [-0.1, -0.05) is 19.3 Å². The SMILES string of the molecule is O=C(O)c1ccc(C(=O)N(Cc2ccoc2)C2CCCCC2)s1. The molecule has 3 rings (SSSR count). The van der Waals surface area contributed by atoms with Crippen LogP contribution in [-0.2, 0) is 6.54 Å². The molecule has 0 unspecified atom stereocenters. The first kappa shape index (κ1) is 15.8. The average Bonchev–Trinajstić information content (AvgIpc) is 3.24. The number of carbonyl (C=O) groups excluding carboxylic acids is 1. The Bertz CT molecular complexity index is 671. The van der Waals surface area contributed by atoms with Crippen molar-refractivity contribution in [2.45, 2.75) is 44.7 Å². The molecule has 2 aromatic rings. The van der Waals surface area contributed by atoms with Gasteiger partial charge in [-0.05, 0) is 31.0 Å². The van der Waals surface area contributed by atoms with Crippen molar-refractivity contribution < 1.29 is 19.1 Å². The third-order valence-corrected chi connectivity index (χ3v) is 5.30. The van der Waals surface area contributed by atoms with Crippen molar-refractivity contribution in [3.63, 3.8) is 0 Å². The molecule has 0 radical (unpaired) electrons. The number of carboxylic acids is 1. The maximum absolute atomic E-state index is 12.9. The molecule has 5 nitrogen and oxygen atoms in total. The molecule has 0 aromatic carbocycles. The number of carbonyl (C=O) groups is 2. The Labute approximate surface area is 138 Å². The second-order valence-electron chi connectivity index (χ2n) is 5.83. The summed E-state index contributed by atoms with van der Waals surface area (Å²) in [6.45, 7) is 0.500. The number of rotatable bonds is 5. The fourth-order valence-electron chi connectivity index (χ4n) is 3.05. The first-order chi connectivity index (χ1) is 11.1. The molecule has 1 fully saturated rings. The minimum atomic E-state index is -0.992. The van der Waals surface area contributed by atoms with E-state index in [4.69, 9.17) is 9.52 Å². The summed E-state index contributed by atoms with van der Waals surface area (Å²) >= 11 is 1.04. The van der Waals surface area contributed by atoms with E-state index in [0.717, 1.165) is 42.6 Å². The van der Waals surface area contributed by atoms with E-state index in [-0.39, 0.29) is 16.8 Å². The molecule has 2 heterocycles. The molecule has 23 heavy (non-hydrogen) atoms. The molecule has 0 aliphatic heterocycles. The minimum Gasteiger partial charge on any atom is -0.477 e. The van der Waals surface area contributed by atoms with Crippen molar-refractivity contribution in [3.8, 4) is 0 Å². The van der Waals surface area contributed by atoms with E-state index in [0.29, 0.717) is 11.4 Å². The summed E-state index contributed by atoms with van der Waals surface area (Å²) in [6.07, 6.45) is 8.73. The summed E-state index contributed by atoms with van der Waals surface area (Å²) in [5.74, 6) is -1.08. The van der Waals surface area contributed by atoms with Crippen LogP contribution in [0.15, 0.2) is 35.1 Å². The Balaban J connectivity index is 1.83. The zero-order valence-electron chi connectivity index (χ0n) is 12.7. The molecule has 0 saturated heterocycles. The minimum absolute atomic E-state index is 0.0874. The Morgan fingerprint density at radius 1 is 1.17 bits per heavy atom. The molecule has 122 valence electrons. The smallest absolute Gasteiger partial charge is 0.345 e. The number of carboxylic acid groups (broad SMARTS) is 1. The van der Waals surface area contributed by atoms with Gasteiger partial charge in [-0.3, -0.25) is 4.79 Å². The largest absolute Gasteiger partial charge is 0.477 e. The van der Waals surface area contributed by atoms with E-state index < -0.39 is 5.97 Å². The quantitative estimate of drug-likeness (QED) is 0.897. The van der Waals surface area contributed by atoms with Crippen LogP contribution in [-0.4, -0.2) is 27.9 Å². The van der Waals surface area contributed by atoms with Gasteiger partial charge in [0.1, 0.15) is 4.88 Å². The van der Waals surface area contributed by atoms with Gasteiger partial charge >= 0.3 is 5.97 Å². The van der Waals surface area contributed by atoms with Crippen LogP contribution in [0.3, 0.4) is 0 Å². The lowest BCUT2D eigenvalue weighted by Gasteiger charge is -2.34. The number of furan rings is 1. The maximum Gasteiger partial charge on any atom is 0.345 e. The predicted octanol–water partition coefficient (Wildman–Crippen LogP) is 4.01. The molecule has 0 atom stereocenters. The standard InChI is InChI=1S/C17H19NO4S/c19-16(14-6-7-15(23-14)17(20)21)18(10-12-8-9-22-11-12)13-4-2-1-3-5-13/h6-9,11,13H,1-5,10H2,(H,20,21). The van der Waals surface area contributed by atoms with Crippen LogP contribution in [0.1, 0.15) is 57.0 Å². The molecule has 1 amide bonds. The number of amides is 1. The van der Waals surface area contributed by atoms with Crippen molar-refractivity contribution in [2.24, 2.45) is 0 Å². The molecule has 0 bridgehead atoms. The first-order valence-corrected chi connectivity index (χ1v) is 8.62. The van der Waals surface area contributed by atoms with E-state index in [9.17, 15) is 9.59 Å².